The Morgan fingerprint density at radius 3 is 2.56 bits per heavy atom. The van der Waals surface area contributed by atoms with Crippen molar-refractivity contribution in [2.75, 3.05) is 13.2 Å². The highest BCUT2D eigenvalue weighted by Gasteiger charge is 2.38. The number of nitrogens with zero attached hydrogens (tertiary/aromatic N) is 5. The fourth-order valence-corrected chi connectivity index (χ4v) is 5.43. The standard InChI is InChI=1S/C21H27N5O5S/c1-11(2)26-19-16(17(27)23(5)20(26)29)15(18(28)25-9-21(4,30)10-31-25)14(32-19)8-13-7-12(3)22-24(13)6/h7,11,30H,8-10H2,1-6H3/t21-/m0/s1. The van der Waals surface area contributed by atoms with Gasteiger partial charge in [0.2, 0.25) is 0 Å². The van der Waals surface area contributed by atoms with E-state index < -0.39 is 22.8 Å². The number of carbonyl (C=O) groups is 1. The zero-order chi connectivity index (χ0) is 23.5. The van der Waals surface area contributed by atoms with Crippen LogP contribution >= 0.6 is 11.3 Å². The van der Waals surface area contributed by atoms with Crippen molar-refractivity contribution in [3.05, 3.63) is 48.7 Å². The number of β-amino-alcohol motifs (C(OH)–C–C–N with tert-alkyl or cyclic N) is 1. The Hall–Kier alpha value is -2.76. The van der Waals surface area contributed by atoms with Crippen molar-refractivity contribution in [3.8, 4) is 0 Å². The first-order chi connectivity index (χ1) is 14.9. The molecule has 10 nitrogen and oxygen atoms in total. The van der Waals surface area contributed by atoms with Gasteiger partial charge in [-0.2, -0.15) is 5.10 Å². The number of hydrogen-bond acceptors (Lipinski definition) is 7. The lowest BCUT2D eigenvalue weighted by molar-refractivity contribution is -0.0796. The molecule has 3 aromatic heterocycles. The average molecular weight is 462 g/mol. The number of carbonyl (C=O) groups excluding carboxylic acids is 1. The average Bonchev–Trinajstić information content (AvgIpc) is 3.34. The molecule has 1 saturated heterocycles. The number of fused-ring (bicyclic) bond motifs is 1. The van der Waals surface area contributed by atoms with Crippen LogP contribution in [-0.4, -0.2) is 53.7 Å². The van der Waals surface area contributed by atoms with Gasteiger partial charge in [0, 0.05) is 37.1 Å². The number of aryl methyl sites for hydroxylation is 2. The Balaban J connectivity index is 2.00. The van der Waals surface area contributed by atoms with E-state index in [1.165, 1.54) is 23.0 Å². The van der Waals surface area contributed by atoms with Crippen LogP contribution in [0.3, 0.4) is 0 Å². The Labute approximate surface area is 188 Å². The minimum Gasteiger partial charge on any atom is -0.386 e. The van der Waals surface area contributed by atoms with Crippen LogP contribution < -0.4 is 11.2 Å². The lowest BCUT2D eigenvalue weighted by Gasteiger charge is -2.17. The summed E-state index contributed by atoms with van der Waals surface area (Å²) in [6.45, 7) is 7.14. The molecule has 1 atom stereocenters. The molecule has 11 heteroatoms. The van der Waals surface area contributed by atoms with Crippen molar-refractivity contribution in [2.45, 2.75) is 45.8 Å². The molecule has 1 aliphatic rings. The molecule has 0 aromatic carbocycles. The first-order valence-electron chi connectivity index (χ1n) is 10.3. The summed E-state index contributed by atoms with van der Waals surface area (Å²) in [5, 5.41) is 15.9. The van der Waals surface area contributed by atoms with Crippen molar-refractivity contribution in [1.82, 2.24) is 24.0 Å². The number of aromatic nitrogens is 4. The predicted molar refractivity (Wildman–Crippen MR) is 120 cm³/mol. The molecular formula is C21H27N5O5S. The summed E-state index contributed by atoms with van der Waals surface area (Å²) >= 11 is 1.26. The van der Waals surface area contributed by atoms with Gasteiger partial charge in [-0.25, -0.2) is 9.86 Å². The topological polar surface area (TPSA) is 112 Å². The summed E-state index contributed by atoms with van der Waals surface area (Å²) < 4.78 is 4.31. The van der Waals surface area contributed by atoms with Crippen LogP contribution in [0.5, 0.6) is 0 Å². The predicted octanol–water partition coefficient (Wildman–Crippen LogP) is 1.11. The van der Waals surface area contributed by atoms with Gasteiger partial charge in [-0.1, -0.05) is 0 Å². The summed E-state index contributed by atoms with van der Waals surface area (Å²) in [5.41, 5.74) is -0.221. The van der Waals surface area contributed by atoms with Crippen LogP contribution in [0.2, 0.25) is 0 Å². The zero-order valence-electron chi connectivity index (χ0n) is 19.0. The van der Waals surface area contributed by atoms with Crippen molar-refractivity contribution in [2.24, 2.45) is 14.1 Å². The lowest BCUT2D eigenvalue weighted by Crippen LogP contribution is -2.39. The molecule has 172 valence electrons. The molecule has 0 unspecified atom stereocenters. The fraction of sp³-hybridized carbons (Fsp3) is 0.524. The van der Waals surface area contributed by atoms with E-state index in [0.29, 0.717) is 16.1 Å². The molecule has 0 aliphatic carbocycles. The van der Waals surface area contributed by atoms with Gasteiger partial charge in [0.05, 0.1) is 23.2 Å². The fourth-order valence-electron chi connectivity index (χ4n) is 4.01. The van der Waals surface area contributed by atoms with E-state index >= 15 is 0 Å². The van der Waals surface area contributed by atoms with Crippen LogP contribution in [0.15, 0.2) is 15.7 Å². The van der Waals surface area contributed by atoms with Gasteiger partial charge in [0.1, 0.15) is 17.0 Å². The second kappa shape index (κ2) is 7.68. The Morgan fingerprint density at radius 1 is 1.34 bits per heavy atom. The quantitative estimate of drug-likeness (QED) is 0.623. The third kappa shape index (κ3) is 3.59. The van der Waals surface area contributed by atoms with E-state index in [1.54, 1.807) is 11.6 Å². The Bertz CT molecular complexity index is 1340. The Morgan fingerprint density at radius 2 is 2.03 bits per heavy atom. The van der Waals surface area contributed by atoms with Crippen LogP contribution in [0.4, 0.5) is 0 Å². The third-order valence-corrected chi connectivity index (χ3v) is 6.79. The number of amides is 1. The van der Waals surface area contributed by atoms with Crippen molar-refractivity contribution < 1.29 is 14.7 Å². The summed E-state index contributed by atoms with van der Waals surface area (Å²) in [5.74, 6) is -0.506. The van der Waals surface area contributed by atoms with Crippen molar-refractivity contribution in [3.63, 3.8) is 0 Å². The molecule has 1 N–H and O–H groups in total. The number of hydrogen-bond donors (Lipinski definition) is 1. The molecule has 0 bridgehead atoms. The molecule has 0 spiro atoms. The second-order valence-electron chi connectivity index (χ2n) is 8.88. The summed E-state index contributed by atoms with van der Waals surface area (Å²) in [4.78, 5) is 46.2. The molecule has 3 aromatic rings. The van der Waals surface area contributed by atoms with Crippen molar-refractivity contribution in [1.29, 1.82) is 0 Å². The largest absolute Gasteiger partial charge is 0.386 e. The van der Waals surface area contributed by atoms with Gasteiger partial charge < -0.3 is 5.11 Å². The van der Waals surface area contributed by atoms with Gasteiger partial charge in [0.15, 0.2) is 0 Å². The SMILES string of the molecule is Cc1cc(Cc2sc3c(c2C(=O)N2C[C@](C)(O)CO2)c(=O)n(C)c(=O)n3C(C)C)n(C)n1. The minimum atomic E-state index is -1.17. The molecular weight excluding hydrogens is 434 g/mol. The van der Waals surface area contributed by atoms with Crippen LogP contribution in [0.1, 0.15) is 53.4 Å². The molecule has 1 amide bonds. The molecule has 4 heterocycles. The summed E-state index contributed by atoms with van der Waals surface area (Å²) in [7, 11) is 3.23. The third-order valence-electron chi connectivity index (χ3n) is 5.61. The van der Waals surface area contributed by atoms with E-state index in [2.05, 4.69) is 5.10 Å². The van der Waals surface area contributed by atoms with Crippen LogP contribution in [-0.2, 0) is 25.4 Å². The van der Waals surface area contributed by atoms with E-state index in [0.717, 1.165) is 21.0 Å². The number of thiophene rings is 1. The van der Waals surface area contributed by atoms with Gasteiger partial charge in [0.25, 0.3) is 11.5 Å². The van der Waals surface area contributed by atoms with Gasteiger partial charge in [-0.3, -0.25) is 28.2 Å². The molecule has 1 aliphatic heterocycles. The zero-order valence-corrected chi connectivity index (χ0v) is 19.8. The molecule has 32 heavy (non-hydrogen) atoms. The molecule has 4 rings (SSSR count). The monoisotopic (exact) mass is 461 g/mol. The maximum atomic E-state index is 13.6. The van der Waals surface area contributed by atoms with Gasteiger partial charge >= 0.3 is 5.69 Å². The maximum Gasteiger partial charge on any atom is 0.332 e. The summed E-state index contributed by atoms with van der Waals surface area (Å²) in [6.07, 6.45) is 0.359. The van der Waals surface area contributed by atoms with E-state index in [1.807, 2.05) is 33.9 Å². The highest BCUT2D eigenvalue weighted by atomic mass is 32.1. The molecule has 0 saturated carbocycles. The maximum absolute atomic E-state index is 13.6. The van der Waals surface area contributed by atoms with E-state index in [4.69, 9.17) is 4.84 Å². The summed E-state index contributed by atoms with van der Waals surface area (Å²) in [6, 6.07) is 1.71. The highest BCUT2D eigenvalue weighted by molar-refractivity contribution is 7.19. The highest BCUT2D eigenvalue weighted by Crippen LogP contribution is 2.34. The second-order valence-corrected chi connectivity index (χ2v) is 9.96. The van der Waals surface area contributed by atoms with Crippen LogP contribution in [0, 0.1) is 6.92 Å². The van der Waals surface area contributed by atoms with Crippen LogP contribution in [0.25, 0.3) is 10.2 Å². The molecule has 1 fully saturated rings. The normalized spacial score (nSPS) is 18.9. The number of aliphatic hydroxyl groups is 1. The Kier molecular flexibility index (Phi) is 5.38. The first kappa shape index (κ1) is 22.4. The smallest absolute Gasteiger partial charge is 0.332 e. The van der Waals surface area contributed by atoms with E-state index in [-0.39, 0.29) is 30.1 Å². The van der Waals surface area contributed by atoms with Gasteiger partial charge in [-0.05, 0) is 33.8 Å². The first-order valence-corrected chi connectivity index (χ1v) is 11.2. The number of rotatable bonds is 4. The minimum absolute atomic E-state index is 0.0163. The number of hydroxylamine groups is 2. The van der Waals surface area contributed by atoms with Gasteiger partial charge in [-0.15, -0.1) is 11.3 Å². The van der Waals surface area contributed by atoms with Crippen molar-refractivity contribution >= 4 is 27.5 Å². The van der Waals surface area contributed by atoms with E-state index in [9.17, 15) is 19.5 Å². The lowest BCUT2D eigenvalue weighted by atomic mass is 10.1. The molecule has 0 radical (unpaired) electrons.